The van der Waals surface area contributed by atoms with Crippen LogP contribution in [0.25, 0.3) is 11.3 Å². The Hall–Kier alpha value is -2.93. The number of nitrogens with zero attached hydrogens (tertiary/aromatic N) is 2. The summed E-state index contributed by atoms with van der Waals surface area (Å²) >= 11 is 5.92. The maximum atomic E-state index is 13.1. The summed E-state index contributed by atoms with van der Waals surface area (Å²) < 4.78 is 20.1. The highest BCUT2D eigenvalue weighted by atomic mass is 35.5. The van der Waals surface area contributed by atoms with Gasteiger partial charge in [-0.3, -0.25) is 14.3 Å². The van der Waals surface area contributed by atoms with Crippen LogP contribution >= 0.6 is 11.6 Å². The van der Waals surface area contributed by atoms with Crippen LogP contribution in [-0.4, -0.2) is 14.5 Å². The molecule has 0 aliphatic heterocycles. The van der Waals surface area contributed by atoms with Crippen LogP contribution in [0.1, 0.15) is 11.1 Å². The zero-order valence-electron chi connectivity index (χ0n) is 14.3. The fourth-order valence-electron chi connectivity index (χ4n) is 2.67. The van der Waals surface area contributed by atoms with Crippen LogP contribution in [0, 0.1) is 19.7 Å². The molecule has 0 unspecified atom stereocenters. The molecular formula is C18H15ClFN3O3. The lowest BCUT2D eigenvalue weighted by atomic mass is 10.0. The van der Waals surface area contributed by atoms with Gasteiger partial charge in [0, 0.05) is 18.2 Å². The zero-order valence-corrected chi connectivity index (χ0v) is 15.0. The zero-order chi connectivity index (χ0) is 19.0. The first-order valence-electron chi connectivity index (χ1n) is 7.67. The number of nitrogens with one attached hydrogen (secondary N) is 1. The van der Waals surface area contributed by atoms with E-state index in [0.717, 1.165) is 23.4 Å². The Labute approximate surface area is 152 Å². The van der Waals surface area contributed by atoms with Crippen molar-refractivity contribution in [2.75, 3.05) is 0 Å². The monoisotopic (exact) mass is 375 g/mol. The van der Waals surface area contributed by atoms with E-state index in [1.165, 1.54) is 4.57 Å². The Kier molecular flexibility index (Phi) is 4.65. The van der Waals surface area contributed by atoms with Crippen molar-refractivity contribution in [2.24, 2.45) is 7.05 Å². The van der Waals surface area contributed by atoms with Gasteiger partial charge in [-0.2, -0.15) is 0 Å². The summed E-state index contributed by atoms with van der Waals surface area (Å²) in [7, 11) is 1.59. The third kappa shape index (κ3) is 3.25. The normalized spacial score (nSPS) is 10.8. The number of aromatic amines is 1. The molecule has 0 radical (unpaired) electrons. The van der Waals surface area contributed by atoms with Crippen molar-refractivity contribution in [2.45, 2.75) is 13.8 Å². The van der Waals surface area contributed by atoms with Crippen molar-refractivity contribution in [3.63, 3.8) is 0 Å². The van der Waals surface area contributed by atoms with Crippen LogP contribution in [0.2, 0.25) is 5.02 Å². The minimum Gasteiger partial charge on any atom is -0.438 e. The number of ether oxygens (including phenoxy) is 1. The molecule has 1 N–H and O–H groups in total. The lowest BCUT2D eigenvalue weighted by Gasteiger charge is -2.14. The second-order valence-electron chi connectivity index (χ2n) is 5.81. The van der Waals surface area contributed by atoms with Gasteiger partial charge in [-0.1, -0.05) is 11.6 Å². The predicted octanol–water partition coefficient (Wildman–Crippen LogP) is 3.34. The van der Waals surface area contributed by atoms with Crippen molar-refractivity contribution in [1.82, 2.24) is 14.5 Å². The van der Waals surface area contributed by atoms with Crippen molar-refractivity contribution in [3.05, 3.63) is 73.3 Å². The van der Waals surface area contributed by atoms with E-state index in [1.54, 1.807) is 32.2 Å². The molecule has 0 amide bonds. The summed E-state index contributed by atoms with van der Waals surface area (Å²) in [6.45, 7) is 3.48. The van der Waals surface area contributed by atoms with Crippen LogP contribution < -0.4 is 16.0 Å². The SMILES string of the molecule is Cc1cc(Oc2ncc(F)cc2Cl)ccc1-c1c(C)c(=O)[nH]c(=O)n1C. The fourth-order valence-corrected chi connectivity index (χ4v) is 2.86. The molecule has 134 valence electrons. The van der Waals surface area contributed by atoms with E-state index in [0.29, 0.717) is 17.0 Å². The lowest BCUT2D eigenvalue weighted by molar-refractivity contribution is 0.459. The topological polar surface area (TPSA) is 77.0 Å². The highest BCUT2D eigenvalue weighted by Gasteiger charge is 2.14. The van der Waals surface area contributed by atoms with E-state index in [4.69, 9.17) is 16.3 Å². The molecule has 0 aliphatic carbocycles. The molecular weight excluding hydrogens is 361 g/mol. The second-order valence-corrected chi connectivity index (χ2v) is 6.22. The summed E-state index contributed by atoms with van der Waals surface area (Å²) in [5.41, 5.74) is 1.55. The van der Waals surface area contributed by atoms with E-state index in [1.807, 2.05) is 6.92 Å². The minimum atomic E-state index is -0.556. The first kappa shape index (κ1) is 17.9. The van der Waals surface area contributed by atoms with Crippen molar-refractivity contribution >= 4 is 11.6 Å². The number of hydrogen-bond acceptors (Lipinski definition) is 4. The van der Waals surface area contributed by atoms with Crippen LogP contribution in [0.4, 0.5) is 4.39 Å². The Morgan fingerprint density at radius 3 is 2.62 bits per heavy atom. The summed E-state index contributed by atoms with van der Waals surface area (Å²) in [6.07, 6.45) is 1.01. The highest BCUT2D eigenvalue weighted by Crippen LogP contribution is 2.31. The summed E-state index contributed by atoms with van der Waals surface area (Å²) in [5, 5.41) is 0.0552. The van der Waals surface area contributed by atoms with Gasteiger partial charge in [0.05, 0.1) is 11.9 Å². The third-order valence-corrected chi connectivity index (χ3v) is 4.27. The molecule has 26 heavy (non-hydrogen) atoms. The number of aryl methyl sites for hydroxylation is 1. The molecule has 0 saturated heterocycles. The van der Waals surface area contributed by atoms with Gasteiger partial charge in [0.2, 0.25) is 5.88 Å². The van der Waals surface area contributed by atoms with Gasteiger partial charge in [-0.25, -0.2) is 14.2 Å². The van der Waals surface area contributed by atoms with Gasteiger partial charge in [0.1, 0.15) is 16.6 Å². The minimum absolute atomic E-state index is 0.0552. The molecule has 0 bridgehead atoms. The fraction of sp³-hybridized carbons (Fsp3) is 0.167. The van der Waals surface area contributed by atoms with E-state index < -0.39 is 17.1 Å². The van der Waals surface area contributed by atoms with Crippen LogP contribution in [0.3, 0.4) is 0 Å². The largest absolute Gasteiger partial charge is 0.438 e. The molecule has 0 fully saturated rings. The first-order chi connectivity index (χ1) is 12.3. The molecule has 0 atom stereocenters. The van der Waals surface area contributed by atoms with Gasteiger partial charge >= 0.3 is 5.69 Å². The van der Waals surface area contributed by atoms with E-state index in [-0.39, 0.29) is 10.9 Å². The van der Waals surface area contributed by atoms with Gasteiger partial charge in [0.15, 0.2) is 0 Å². The van der Waals surface area contributed by atoms with Crippen molar-refractivity contribution in [3.8, 4) is 22.9 Å². The molecule has 0 saturated carbocycles. The summed E-state index contributed by atoms with van der Waals surface area (Å²) in [4.78, 5) is 29.9. The first-order valence-corrected chi connectivity index (χ1v) is 8.05. The standard InChI is InChI=1S/C18H15ClFN3O3/c1-9-6-12(26-17-14(19)7-11(20)8-21-17)4-5-13(9)15-10(2)16(24)22-18(25)23(15)3/h4-8H,1-3H3,(H,22,24,25). The number of hydrogen-bond donors (Lipinski definition) is 1. The number of rotatable bonds is 3. The molecule has 8 heteroatoms. The van der Waals surface area contributed by atoms with Crippen LogP contribution in [0.5, 0.6) is 11.6 Å². The van der Waals surface area contributed by atoms with Gasteiger partial charge < -0.3 is 4.74 Å². The van der Waals surface area contributed by atoms with Gasteiger partial charge in [-0.05, 0) is 43.7 Å². The molecule has 6 nitrogen and oxygen atoms in total. The molecule has 0 spiro atoms. The van der Waals surface area contributed by atoms with E-state index in [2.05, 4.69) is 9.97 Å². The number of H-pyrrole nitrogens is 1. The molecule has 3 aromatic rings. The summed E-state index contributed by atoms with van der Waals surface area (Å²) in [6, 6.07) is 6.24. The Morgan fingerprint density at radius 2 is 1.96 bits per heavy atom. The lowest BCUT2D eigenvalue weighted by Crippen LogP contribution is -2.31. The van der Waals surface area contributed by atoms with Gasteiger partial charge in [-0.15, -0.1) is 0 Å². The Balaban J connectivity index is 2.04. The number of pyridine rings is 1. The molecule has 2 heterocycles. The van der Waals surface area contributed by atoms with Crippen molar-refractivity contribution in [1.29, 1.82) is 0 Å². The second kappa shape index (κ2) is 6.76. The van der Waals surface area contributed by atoms with E-state index in [9.17, 15) is 14.0 Å². The van der Waals surface area contributed by atoms with Gasteiger partial charge in [0.25, 0.3) is 5.56 Å². The number of halogens is 2. The number of benzene rings is 1. The highest BCUT2D eigenvalue weighted by molar-refractivity contribution is 6.31. The molecule has 1 aromatic carbocycles. The van der Waals surface area contributed by atoms with E-state index >= 15 is 0 Å². The maximum Gasteiger partial charge on any atom is 0.328 e. The molecule has 3 rings (SSSR count). The smallest absolute Gasteiger partial charge is 0.328 e. The van der Waals surface area contributed by atoms with Crippen molar-refractivity contribution < 1.29 is 9.13 Å². The average Bonchev–Trinajstić information content (AvgIpc) is 2.57. The maximum absolute atomic E-state index is 13.1. The third-order valence-electron chi connectivity index (χ3n) is 4.00. The average molecular weight is 376 g/mol. The molecule has 0 aliphatic rings. The summed E-state index contributed by atoms with van der Waals surface area (Å²) in [5.74, 6) is -0.0284. The Morgan fingerprint density at radius 1 is 1.23 bits per heavy atom. The van der Waals surface area contributed by atoms with Crippen LogP contribution in [-0.2, 0) is 7.05 Å². The predicted molar refractivity (Wildman–Crippen MR) is 96.5 cm³/mol. The number of aromatic nitrogens is 3. The quantitative estimate of drug-likeness (QED) is 0.761. The van der Waals surface area contributed by atoms with Crippen LogP contribution in [0.15, 0.2) is 40.1 Å². The Bertz CT molecular complexity index is 1090. The molecule has 2 aromatic heterocycles.